The van der Waals surface area contributed by atoms with Crippen LogP contribution >= 0.6 is 0 Å². The van der Waals surface area contributed by atoms with Crippen molar-refractivity contribution in [3.63, 3.8) is 0 Å². The van der Waals surface area contributed by atoms with Gasteiger partial charge in [0.05, 0.1) is 17.9 Å². The number of benzene rings is 4. The van der Waals surface area contributed by atoms with Gasteiger partial charge < -0.3 is 16.4 Å². The van der Waals surface area contributed by atoms with E-state index in [2.05, 4.69) is 52.1 Å². The summed E-state index contributed by atoms with van der Waals surface area (Å²) in [5, 5.41) is 14.9. The Kier molecular flexibility index (Phi) is 6.23. The van der Waals surface area contributed by atoms with Crippen LogP contribution in [-0.4, -0.2) is 34.2 Å². The van der Waals surface area contributed by atoms with Gasteiger partial charge in [-0.3, -0.25) is 9.59 Å². The van der Waals surface area contributed by atoms with E-state index in [1.165, 1.54) is 10.8 Å². The van der Waals surface area contributed by atoms with E-state index in [0.29, 0.717) is 11.4 Å². The first-order chi connectivity index (χ1) is 17.4. The minimum atomic E-state index is -0.265. The first-order valence-electron chi connectivity index (χ1n) is 11.9. The van der Waals surface area contributed by atoms with Crippen LogP contribution in [0, 0.1) is 0 Å². The van der Waals surface area contributed by atoms with Crippen LogP contribution in [0.2, 0.25) is 0 Å². The van der Waals surface area contributed by atoms with Crippen molar-refractivity contribution in [2.75, 3.05) is 11.9 Å². The monoisotopic (exact) mass is 477 g/mol. The molecule has 2 amide bonds. The van der Waals surface area contributed by atoms with Crippen molar-refractivity contribution in [1.29, 1.82) is 0 Å². The zero-order valence-electron chi connectivity index (χ0n) is 20.2. The van der Waals surface area contributed by atoms with E-state index in [0.717, 1.165) is 27.7 Å². The Hall–Kier alpha value is -4.49. The summed E-state index contributed by atoms with van der Waals surface area (Å²) < 4.78 is 1.76. The van der Waals surface area contributed by atoms with Crippen molar-refractivity contribution in [2.24, 2.45) is 5.73 Å². The lowest BCUT2D eigenvalue weighted by molar-refractivity contribution is -0.114. The molecule has 180 valence electrons. The van der Waals surface area contributed by atoms with E-state index in [1.54, 1.807) is 16.8 Å². The molecule has 0 aliphatic rings. The number of carbonyl (C=O) groups is 2. The third-order valence-electron chi connectivity index (χ3n) is 5.99. The molecule has 0 radical (unpaired) electrons. The van der Waals surface area contributed by atoms with Crippen LogP contribution in [0.15, 0.2) is 84.9 Å². The third kappa shape index (κ3) is 4.56. The molecule has 7 nitrogen and oxygen atoms in total. The molecule has 1 aromatic heterocycles. The van der Waals surface area contributed by atoms with Gasteiger partial charge >= 0.3 is 0 Å². The number of nitrogens with two attached hydrogens (primary N) is 1. The van der Waals surface area contributed by atoms with Gasteiger partial charge in [0.1, 0.15) is 0 Å². The van der Waals surface area contributed by atoms with Crippen LogP contribution in [0.4, 0.5) is 5.69 Å². The SMILES string of the molecule is CC(C)NC(=O)c1cc(-c2ccc3ccc4ccccc4c3c2)n(-c2ccc(NC(=O)CN)cc2)n1. The van der Waals surface area contributed by atoms with Crippen molar-refractivity contribution in [3.8, 4) is 16.9 Å². The second-order valence-corrected chi connectivity index (χ2v) is 8.98. The van der Waals surface area contributed by atoms with Gasteiger partial charge in [0.15, 0.2) is 5.69 Å². The Morgan fingerprint density at radius 2 is 1.58 bits per heavy atom. The van der Waals surface area contributed by atoms with Gasteiger partial charge in [-0.2, -0.15) is 5.10 Å². The van der Waals surface area contributed by atoms with Crippen molar-refractivity contribution >= 4 is 39.0 Å². The summed E-state index contributed by atoms with van der Waals surface area (Å²) in [5.74, 6) is -0.498. The molecule has 0 aliphatic carbocycles. The van der Waals surface area contributed by atoms with Gasteiger partial charge in [-0.1, -0.05) is 48.5 Å². The van der Waals surface area contributed by atoms with E-state index in [9.17, 15) is 9.59 Å². The second-order valence-electron chi connectivity index (χ2n) is 8.98. The van der Waals surface area contributed by atoms with E-state index in [4.69, 9.17) is 5.73 Å². The molecule has 5 rings (SSSR count). The predicted molar refractivity (Wildman–Crippen MR) is 144 cm³/mol. The molecule has 7 heteroatoms. The predicted octanol–water partition coefficient (Wildman–Crippen LogP) is 4.88. The quantitative estimate of drug-likeness (QED) is 0.303. The summed E-state index contributed by atoms with van der Waals surface area (Å²) in [5.41, 5.74) is 8.86. The zero-order valence-corrected chi connectivity index (χ0v) is 20.2. The van der Waals surface area contributed by atoms with Crippen LogP contribution in [0.5, 0.6) is 0 Å². The number of carbonyl (C=O) groups excluding carboxylic acids is 2. The number of fused-ring (bicyclic) bond motifs is 3. The summed E-state index contributed by atoms with van der Waals surface area (Å²) in [6.07, 6.45) is 0. The maximum absolute atomic E-state index is 12.8. The summed E-state index contributed by atoms with van der Waals surface area (Å²) in [6.45, 7) is 3.74. The Labute approximate surface area is 208 Å². The Bertz CT molecular complexity index is 1590. The number of hydrogen-bond acceptors (Lipinski definition) is 4. The van der Waals surface area contributed by atoms with Crippen LogP contribution in [0.3, 0.4) is 0 Å². The molecule has 0 atom stereocenters. The largest absolute Gasteiger partial charge is 0.348 e. The molecule has 36 heavy (non-hydrogen) atoms. The highest BCUT2D eigenvalue weighted by Crippen LogP contribution is 2.31. The molecule has 5 aromatic rings. The maximum Gasteiger partial charge on any atom is 0.272 e. The van der Waals surface area contributed by atoms with Crippen LogP contribution in [-0.2, 0) is 4.79 Å². The average molecular weight is 478 g/mol. The van der Waals surface area contributed by atoms with Gasteiger partial charge in [0, 0.05) is 17.3 Å². The van der Waals surface area contributed by atoms with Crippen molar-refractivity contribution < 1.29 is 9.59 Å². The first kappa shape index (κ1) is 23.3. The number of rotatable bonds is 6. The fourth-order valence-electron chi connectivity index (χ4n) is 4.29. The average Bonchev–Trinajstić information content (AvgIpc) is 3.34. The fourth-order valence-corrected chi connectivity index (χ4v) is 4.29. The standard InChI is InChI=1S/C29H27N5O2/c1-18(2)31-29(36)26-16-27(34(33-26)23-13-11-22(12-14-23)32-28(35)17-30)21-10-9-20-8-7-19-5-3-4-6-24(19)25(20)15-21/h3-16,18H,17,30H2,1-2H3,(H,31,36)(H,32,35). The lowest BCUT2D eigenvalue weighted by atomic mass is 9.99. The van der Waals surface area contributed by atoms with Gasteiger partial charge in [0.2, 0.25) is 5.91 Å². The third-order valence-corrected chi connectivity index (χ3v) is 5.99. The summed E-state index contributed by atoms with van der Waals surface area (Å²) in [7, 11) is 0. The molecule has 0 aliphatic heterocycles. The molecular weight excluding hydrogens is 450 g/mol. The molecule has 1 heterocycles. The van der Waals surface area contributed by atoms with Crippen molar-refractivity contribution in [1.82, 2.24) is 15.1 Å². The number of aromatic nitrogens is 2. The van der Waals surface area contributed by atoms with Crippen LogP contribution in [0.25, 0.3) is 38.5 Å². The van der Waals surface area contributed by atoms with E-state index >= 15 is 0 Å². The Morgan fingerprint density at radius 1 is 0.889 bits per heavy atom. The summed E-state index contributed by atoms with van der Waals surface area (Å²) >= 11 is 0. The normalized spacial score (nSPS) is 11.2. The highest BCUT2D eigenvalue weighted by molar-refractivity contribution is 6.08. The van der Waals surface area contributed by atoms with E-state index in [-0.39, 0.29) is 24.4 Å². The highest BCUT2D eigenvalue weighted by atomic mass is 16.2. The van der Waals surface area contributed by atoms with Crippen molar-refractivity contribution in [2.45, 2.75) is 19.9 Å². The topological polar surface area (TPSA) is 102 Å². The van der Waals surface area contributed by atoms with Crippen LogP contribution < -0.4 is 16.4 Å². The molecular formula is C29H27N5O2. The smallest absolute Gasteiger partial charge is 0.272 e. The van der Waals surface area contributed by atoms with Gasteiger partial charge in [0.25, 0.3) is 5.91 Å². The van der Waals surface area contributed by atoms with Crippen molar-refractivity contribution in [3.05, 3.63) is 90.6 Å². The molecule has 0 saturated carbocycles. The number of nitrogens with one attached hydrogen (secondary N) is 2. The second kappa shape index (κ2) is 9.64. The van der Waals surface area contributed by atoms with Gasteiger partial charge in [-0.05, 0) is 71.8 Å². The lowest BCUT2D eigenvalue weighted by Crippen LogP contribution is -2.30. The Balaban J connectivity index is 1.64. The molecule has 0 saturated heterocycles. The molecule has 0 unspecified atom stereocenters. The number of amides is 2. The van der Waals surface area contributed by atoms with Crippen LogP contribution in [0.1, 0.15) is 24.3 Å². The number of nitrogens with zero attached hydrogens (tertiary/aromatic N) is 2. The molecule has 4 aromatic carbocycles. The van der Waals surface area contributed by atoms with Gasteiger partial charge in [-0.15, -0.1) is 0 Å². The minimum Gasteiger partial charge on any atom is -0.348 e. The summed E-state index contributed by atoms with van der Waals surface area (Å²) in [4.78, 5) is 24.5. The minimum absolute atomic E-state index is 0.0106. The first-order valence-corrected chi connectivity index (χ1v) is 11.9. The fraction of sp³-hybridized carbons (Fsp3) is 0.138. The Morgan fingerprint density at radius 3 is 2.31 bits per heavy atom. The molecule has 0 spiro atoms. The highest BCUT2D eigenvalue weighted by Gasteiger charge is 2.18. The number of hydrogen-bond donors (Lipinski definition) is 3. The lowest BCUT2D eigenvalue weighted by Gasteiger charge is -2.11. The molecule has 0 fully saturated rings. The molecule has 4 N–H and O–H groups in total. The van der Waals surface area contributed by atoms with E-state index < -0.39 is 0 Å². The maximum atomic E-state index is 12.8. The number of anilines is 1. The van der Waals surface area contributed by atoms with E-state index in [1.807, 2.05) is 50.2 Å². The van der Waals surface area contributed by atoms with Gasteiger partial charge in [-0.25, -0.2) is 4.68 Å². The molecule has 0 bridgehead atoms. The zero-order chi connectivity index (χ0) is 25.2. The summed E-state index contributed by atoms with van der Waals surface area (Å²) in [6, 6.07) is 27.9.